The Bertz CT molecular complexity index is 572. The van der Waals surface area contributed by atoms with Gasteiger partial charge in [0.25, 0.3) is 0 Å². The molecule has 5 nitrogen and oxygen atoms in total. The average Bonchev–Trinajstić information content (AvgIpc) is 2.40. The van der Waals surface area contributed by atoms with E-state index in [2.05, 4.69) is 10.6 Å². The zero-order chi connectivity index (χ0) is 13.8. The molecule has 19 heavy (non-hydrogen) atoms. The highest BCUT2D eigenvalue weighted by Gasteiger charge is 2.24. The van der Waals surface area contributed by atoms with Gasteiger partial charge in [0.2, 0.25) is 0 Å². The predicted molar refractivity (Wildman–Crippen MR) is 70.9 cm³/mol. The monoisotopic (exact) mass is 257 g/mol. The number of nitrogens with zero attached hydrogens (tertiary/aromatic N) is 1. The number of carbonyl (C=O) groups is 1. The van der Waals surface area contributed by atoms with Gasteiger partial charge >= 0.3 is 5.97 Å². The van der Waals surface area contributed by atoms with Crippen molar-refractivity contribution in [2.75, 3.05) is 11.9 Å². The first-order valence-corrected chi connectivity index (χ1v) is 6.11. The zero-order valence-corrected chi connectivity index (χ0v) is 10.9. The van der Waals surface area contributed by atoms with Gasteiger partial charge in [0.15, 0.2) is 5.57 Å². The van der Waals surface area contributed by atoms with Gasteiger partial charge in [-0.2, -0.15) is 5.26 Å². The lowest BCUT2D eigenvalue weighted by atomic mass is 10.0. The van der Waals surface area contributed by atoms with Crippen molar-refractivity contribution in [3.8, 4) is 6.07 Å². The summed E-state index contributed by atoms with van der Waals surface area (Å²) < 4.78 is 4.87. The number of rotatable bonds is 2. The number of ether oxygens (including phenoxy) is 1. The van der Waals surface area contributed by atoms with Crippen LogP contribution in [0.15, 0.2) is 35.7 Å². The molecule has 0 aromatic heterocycles. The standard InChI is InChI=1S/C14H15N3O2/c1-3-19-14(18)11(8-15)13-16-9(2)10-6-4-5-7-12(10)17-13/h4-7,9,16-17H,3H2,1-2H3/b13-11+. The van der Waals surface area contributed by atoms with Crippen LogP contribution in [0.5, 0.6) is 0 Å². The molecular weight excluding hydrogens is 242 g/mol. The number of fused-ring (bicyclic) bond motifs is 1. The lowest BCUT2D eigenvalue weighted by Gasteiger charge is -2.28. The highest BCUT2D eigenvalue weighted by atomic mass is 16.5. The molecule has 0 saturated carbocycles. The predicted octanol–water partition coefficient (Wildman–Crippen LogP) is 2.06. The maximum absolute atomic E-state index is 11.7. The summed E-state index contributed by atoms with van der Waals surface area (Å²) in [5.74, 6) is -0.223. The SMILES string of the molecule is CCOC(=O)/C(C#N)=C1/Nc2ccccc2C(C)N1. The summed E-state index contributed by atoms with van der Waals surface area (Å²) in [5, 5.41) is 15.3. The molecule has 1 aromatic carbocycles. The molecule has 0 amide bonds. The lowest BCUT2D eigenvalue weighted by molar-refractivity contribution is -0.138. The van der Waals surface area contributed by atoms with Crippen LogP contribution in [0.4, 0.5) is 5.69 Å². The highest BCUT2D eigenvalue weighted by Crippen LogP contribution is 2.29. The maximum Gasteiger partial charge on any atom is 0.352 e. The van der Waals surface area contributed by atoms with Crippen molar-refractivity contribution in [2.24, 2.45) is 0 Å². The number of benzene rings is 1. The zero-order valence-electron chi connectivity index (χ0n) is 10.9. The number of hydrogen-bond donors (Lipinski definition) is 2. The van der Waals surface area contributed by atoms with Crippen molar-refractivity contribution in [3.05, 3.63) is 41.2 Å². The van der Waals surface area contributed by atoms with E-state index in [-0.39, 0.29) is 18.2 Å². The van der Waals surface area contributed by atoms with Crippen LogP contribution in [-0.2, 0) is 9.53 Å². The largest absolute Gasteiger partial charge is 0.462 e. The Morgan fingerprint density at radius 2 is 2.21 bits per heavy atom. The van der Waals surface area contributed by atoms with Crippen molar-refractivity contribution in [3.63, 3.8) is 0 Å². The summed E-state index contributed by atoms with van der Waals surface area (Å²) in [7, 11) is 0. The van der Waals surface area contributed by atoms with Gasteiger partial charge in [-0.15, -0.1) is 0 Å². The Morgan fingerprint density at radius 3 is 2.89 bits per heavy atom. The lowest BCUT2D eigenvalue weighted by Crippen LogP contribution is -2.32. The third kappa shape index (κ3) is 2.52. The van der Waals surface area contributed by atoms with Crippen molar-refractivity contribution in [1.82, 2.24) is 5.32 Å². The molecule has 98 valence electrons. The Morgan fingerprint density at radius 1 is 1.47 bits per heavy atom. The van der Waals surface area contributed by atoms with E-state index in [0.29, 0.717) is 5.82 Å². The van der Waals surface area contributed by atoms with Gasteiger partial charge in [0, 0.05) is 5.69 Å². The smallest absolute Gasteiger partial charge is 0.352 e. The summed E-state index contributed by atoms with van der Waals surface area (Å²) in [6, 6.07) is 9.66. The van der Waals surface area contributed by atoms with Gasteiger partial charge in [0.1, 0.15) is 11.9 Å². The fourth-order valence-corrected chi connectivity index (χ4v) is 1.99. The molecule has 0 radical (unpaired) electrons. The van der Waals surface area contributed by atoms with Gasteiger partial charge < -0.3 is 15.4 Å². The van der Waals surface area contributed by atoms with Crippen LogP contribution in [0.1, 0.15) is 25.5 Å². The second kappa shape index (κ2) is 5.44. The molecule has 0 bridgehead atoms. The van der Waals surface area contributed by atoms with Gasteiger partial charge in [-0.3, -0.25) is 0 Å². The topological polar surface area (TPSA) is 74.2 Å². The average molecular weight is 257 g/mol. The second-order valence-electron chi connectivity index (χ2n) is 4.16. The Kier molecular flexibility index (Phi) is 3.71. The summed E-state index contributed by atoms with van der Waals surface area (Å²) in [5.41, 5.74) is 1.94. The molecule has 0 aliphatic carbocycles. The quantitative estimate of drug-likeness (QED) is 0.482. The van der Waals surface area contributed by atoms with Gasteiger partial charge in [-0.25, -0.2) is 4.79 Å². The number of hydrogen-bond acceptors (Lipinski definition) is 5. The minimum absolute atomic E-state index is 0.0187. The van der Waals surface area contributed by atoms with E-state index >= 15 is 0 Å². The fraction of sp³-hybridized carbons (Fsp3) is 0.286. The number of nitrogens with one attached hydrogen (secondary N) is 2. The number of para-hydroxylation sites is 1. The molecule has 1 heterocycles. The Labute approximate surface area is 111 Å². The number of carbonyl (C=O) groups excluding carboxylic acids is 1. The maximum atomic E-state index is 11.7. The summed E-state index contributed by atoms with van der Waals surface area (Å²) in [6.45, 7) is 3.92. The van der Waals surface area contributed by atoms with Crippen LogP contribution < -0.4 is 10.6 Å². The molecule has 1 aliphatic heterocycles. The van der Waals surface area contributed by atoms with Crippen LogP contribution in [-0.4, -0.2) is 12.6 Å². The molecule has 0 fully saturated rings. The van der Waals surface area contributed by atoms with Crippen molar-refractivity contribution in [2.45, 2.75) is 19.9 Å². The van der Waals surface area contributed by atoms with E-state index in [1.807, 2.05) is 37.3 Å². The summed E-state index contributed by atoms with van der Waals surface area (Å²) in [6.07, 6.45) is 0. The molecule has 0 spiro atoms. The van der Waals surface area contributed by atoms with E-state index < -0.39 is 5.97 Å². The van der Waals surface area contributed by atoms with E-state index in [0.717, 1.165) is 11.3 Å². The minimum atomic E-state index is -0.619. The third-order valence-corrected chi connectivity index (χ3v) is 2.89. The Hall–Kier alpha value is -2.48. The van der Waals surface area contributed by atoms with E-state index in [9.17, 15) is 4.79 Å². The third-order valence-electron chi connectivity index (χ3n) is 2.89. The van der Waals surface area contributed by atoms with E-state index in [1.54, 1.807) is 6.92 Å². The van der Waals surface area contributed by atoms with Crippen LogP contribution in [0.3, 0.4) is 0 Å². The Balaban J connectivity index is 2.38. The molecule has 1 atom stereocenters. The molecule has 1 unspecified atom stereocenters. The molecule has 5 heteroatoms. The van der Waals surface area contributed by atoms with E-state index in [1.165, 1.54) is 0 Å². The fourth-order valence-electron chi connectivity index (χ4n) is 1.99. The second-order valence-corrected chi connectivity index (χ2v) is 4.16. The van der Waals surface area contributed by atoms with Crippen LogP contribution in [0.2, 0.25) is 0 Å². The number of esters is 1. The summed E-state index contributed by atoms with van der Waals surface area (Å²) >= 11 is 0. The van der Waals surface area contributed by atoms with Crippen molar-refractivity contribution in [1.29, 1.82) is 5.26 Å². The number of nitriles is 1. The van der Waals surface area contributed by atoms with Crippen LogP contribution in [0, 0.1) is 11.3 Å². The summed E-state index contributed by atoms with van der Waals surface area (Å²) in [4.78, 5) is 11.7. The van der Waals surface area contributed by atoms with Crippen LogP contribution in [0.25, 0.3) is 0 Å². The van der Waals surface area contributed by atoms with Gasteiger partial charge in [-0.05, 0) is 25.5 Å². The first-order valence-electron chi connectivity index (χ1n) is 6.11. The van der Waals surface area contributed by atoms with Crippen molar-refractivity contribution >= 4 is 11.7 Å². The van der Waals surface area contributed by atoms with Crippen LogP contribution >= 0.6 is 0 Å². The first kappa shape index (κ1) is 13.0. The molecule has 0 saturated heterocycles. The van der Waals surface area contributed by atoms with Crippen molar-refractivity contribution < 1.29 is 9.53 Å². The molecule has 1 aliphatic rings. The number of anilines is 1. The first-order chi connectivity index (χ1) is 9.17. The van der Waals surface area contributed by atoms with E-state index in [4.69, 9.17) is 10.00 Å². The molecule has 2 N–H and O–H groups in total. The van der Waals surface area contributed by atoms with Gasteiger partial charge in [0.05, 0.1) is 12.6 Å². The van der Waals surface area contributed by atoms with Gasteiger partial charge in [-0.1, -0.05) is 18.2 Å². The molecule has 1 aromatic rings. The molecule has 2 rings (SSSR count). The molecular formula is C14H15N3O2. The normalized spacial score (nSPS) is 19.3. The highest BCUT2D eigenvalue weighted by molar-refractivity contribution is 5.94. The minimum Gasteiger partial charge on any atom is -0.462 e.